The molecule has 0 radical (unpaired) electrons. The second kappa shape index (κ2) is 4.54. The van der Waals surface area contributed by atoms with E-state index in [9.17, 15) is 8.78 Å². The van der Waals surface area contributed by atoms with E-state index in [1.54, 1.807) is 11.8 Å². The van der Waals surface area contributed by atoms with Crippen LogP contribution in [0.2, 0.25) is 0 Å². The molecule has 0 aromatic heterocycles. The summed E-state index contributed by atoms with van der Waals surface area (Å²) in [4.78, 5) is 4.40. The van der Waals surface area contributed by atoms with Crippen molar-refractivity contribution in [1.82, 2.24) is 0 Å². The molecular formula is C6H9F2NOS. The van der Waals surface area contributed by atoms with Crippen molar-refractivity contribution in [3.63, 3.8) is 0 Å². The molecule has 0 aromatic rings. The third-order valence-electron chi connectivity index (χ3n) is 1.20. The number of halogens is 2. The predicted octanol–water partition coefficient (Wildman–Crippen LogP) is 1.76. The molecule has 64 valence electrons. The summed E-state index contributed by atoms with van der Waals surface area (Å²) in [6, 6.07) is 0. The number of oxime groups is 1. The fourth-order valence-corrected chi connectivity index (χ4v) is 1.67. The third kappa shape index (κ3) is 3.55. The highest BCUT2D eigenvalue weighted by Gasteiger charge is 2.09. The smallest absolute Gasteiger partial charge is 0.274 e. The Hall–Kier alpha value is -0.320. The lowest BCUT2D eigenvalue weighted by molar-refractivity contribution is 0.0201. The van der Waals surface area contributed by atoms with E-state index in [0.29, 0.717) is 0 Å². The summed E-state index contributed by atoms with van der Waals surface area (Å²) in [7, 11) is 0. The zero-order chi connectivity index (χ0) is 8.10. The average molecular weight is 181 g/mol. The maximum atomic E-state index is 11.5. The maximum absolute atomic E-state index is 11.5. The van der Waals surface area contributed by atoms with Crippen LogP contribution in [0, 0.1) is 0 Å². The maximum Gasteiger partial charge on any atom is 0.274 e. The Kier molecular flexibility index (Phi) is 3.62. The molecule has 0 aliphatic carbocycles. The van der Waals surface area contributed by atoms with E-state index >= 15 is 0 Å². The lowest BCUT2D eigenvalue weighted by Gasteiger charge is -1.97. The van der Waals surface area contributed by atoms with Gasteiger partial charge >= 0.3 is 0 Å². The molecular weight excluding hydrogens is 172 g/mol. The standard InChI is InChI=1S/C6H9F2NOS/c7-6(8)3-10-9-5-1-2-11-4-5/h6H,1-4H2/b9-5+. The van der Waals surface area contributed by atoms with E-state index in [1.165, 1.54) is 0 Å². The summed E-state index contributed by atoms with van der Waals surface area (Å²) in [6.45, 7) is -0.589. The van der Waals surface area contributed by atoms with Crippen molar-refractivity contribution in [3.05, 3.63) is 0 Å². The number of hydrogen-bond acceptors (Lipinski definition) is 3. The lowest BCUT2D eigenvalue weighted by atomic mass is 10.3. The molecule has 0 unspecified atom stereocenters. The van der Waals surface area contributed by atoms with Gasteiger partial charge in [-0.1, -0.05) is 5.16 Å². The molecule has 0 amide bonds. The molecule has 0 saturated carbocycles. The SMILES string of the molecule is FC(F)CO/N=C1\CCSC1. The number of alkyl halides is 2. The number of thioether (sulfide) groups is 1. The van der Waals surface area contributed by atoms with Crippen LogP contribution in [0.1, 0.15) is 6.42 Å². The quantitative estimate of drug-likeness (QED) is 0.619. The van der Waals surface area contributed by atoms with Gasteiger partial charge in [-0.05, 0) is 12.2 Å². The number of nitrogens with zero attached hydrogens (tertiary/aromatic N) is 1. The normalized spacial score (nSPS) is 21.5. The Bertz CT molecular complexity index is 144. The molecule has 1 heterocycles. The molecule has 0 bridgehead atoms. The van der Waals surface area contributed by atoms with Gasteiger partial charge in [0, 0.05) is 5.75 Å². The molecule has 2 nitrogen and oxygen atoms in total. The van der Waals surface area contributed by atoms with Crippen LogP contribution in [-0.4, -0.2) is 30.2 Å². The second-order valence-corrected chi connectivity index (χ2v) is 3.25. The minimum absolute atomic E-state index is 0.589. The summed E-state index contributed by atoms with van der Waals surface area (Å²) < 4.78 is 23.0. The fraction of sp³-hybridized carbons (Fsp3) is 0.833. The van der Waals surface area contributed by atoms with Gasteiger partial charge in [-0.3, -0.25) is 0 Å². The van der Waals surface area contributed by atoms with Gasteiger partial charge in [-0.25, -0.2) is 8.78 Å². The minimum atomic E-state index is -2.42. The molecule has 0 aromatic carbocycles. The summed E-state index contributed by atoms with van der Waals surface area (Å²) in [5, 5.41) is 3.58. The molecule has 0 spiro atoms. The van der Waals surface area contributed by atoms with Crippen LogP contribution in [0.5, 0.6) is 0 Å². The second-order valence-electron chi connectivity index (χ2n) is 2.15. The van der Waals surface area contributed by atoms with Gasteiger partial charge in [-0.2, -0.15) is 11.8 Å². The van der Waals surface area contributed by atoms with E-state index in [4.69, 9.17) is 0 Å². The Labute approximate surface area is 68.0 Å². The van der Waals surface area contributed by atoms with Crippen molar-refractivity contribution in [1.29, 1.82) is 0 Å². The highest BCUT2D eigenvalue weighted by Crippen LogP contribution is 2.14. The molecule has 0 N–H and O–H groups in total. The number of rotatable bonds is 3. The van der Waals surface area contributed by atoms with Gasteiger partial charge in [0.2, 0.25) is 0 Å². The van der Waals surface area contributed by atoms with Crippen LogP contribution in [-0.2, 0) is 4.84 Å². The molecule has 1 fully saturated rings. The van der Waals surface area contributed by atoms with Crippen LogP contribution in [0.3, 0.4) is 0 Å². The van der Waals surface area contributed by atoms with Crippen molar-refractivity contribution in [2.45, 2.75) is 12.8 Å². The average Bonchev–Trinajstić information content (AvgIpc) is 2.39. The Morgan fingerprint density at radius 2 is 2.45 bits per heavy atom. The summed E-state index contributed by atoms with van der Waals surface area (Å²) >= 11 is 1.74. The third-order valence-corrected chi connectivity index (χ3v) is 2.23. The van der Waals surface area contributed by atoms with Crippen molar-refractivity contribution >= 4 is 17.5 Å². The van der Waals surface area contributed by atoms with E-state index in [0.717, 1.165) is 23.6 Å². The monoisotopic (exact) mass is 181 g/mol. The zero-order valence-corrected chi connectivity index (χ0v) is 6.74. The fourth-order valence-electron chi connectivity index (χ4n) is 0.709. The van der Waals surface area contributed by atoms with Crippen LogP contribution >= 0.6 is 11.8 Å². The first-order chi connectivity index (χ1) is 5.29. The van der Waals surface area contributed by atoms with Gasteiger partial charge in [0.05, 0.1) is 5.71 Å². The van der Waals surface area contributed by atoms with Crippen LogP contribution in [0.4, 0.5) is 8.78 Å². The first-order valence-electron chi connectivity index (χ1n) is 3.32. The lowest BCUT2D eigenvalue weighted by Crippen LogP contribution is -2.03. The van der Waals surface area contributed by atoms with Crippen molar-refractivity contribution in [2.75, 3.05) is 18.1 Å². The van der Waals surface area contributed by atoms with Crippen molar-refractivity contribution < 1.29 is 13.6 Å². The first-order valence-corrected chi connectivity index (χ1v) is 4.48. The molecule has 1 aliphatic heterocycles. The summed E-state index contributed by atoms with van der Waals surface area (Å²) in [5.41, 5.74) is 0.885. The summed E-state index contributed by atoms with van der Waals surface area (Å²) in [6.07, 6.45) is -1.55. The Morgan fingerprint density at radius 3 is 3.00 bits per heavy atom. The molecule has 1 aliphatic rings. The Balaban J connectivity index is 2.13. The summed E-state index contributed by atoms with van der Waals surface area (Å²) in [5.74, 6) is 1.85. The van der Waals surface area contributed by atoms with Gasteiger partial charge in [0.1, 0.15) is 0 Å². The molecule has 1 saturated heterocycles. The topological polar surface area (TPSA) is 21.6 Å². The van der Waals surface area contributed by atoms with Crippen LogP contribution in [0.15, 0.2) is 5.16 Å². The van der Waals surface area contributed by atoms with Gasteiger partial charge < -0.3 is 4.84 Å². The van der Waals surface area contributed by atoms with Gasteiger partial charge in [0.25, 0.3) is 6.43 Å². The van der Waals surface area contributed by atoms with Gasteiger partial charge in [0.15, 0.2) is 6.61 Å². The van der Waals surface area contributed by atoms with Gasteiger partial charge in [-0.15, -0.1) is 0 Å². The molecule has 1 rings (SSSR count). The zero-order valence-electron chi connectivity index (χ0n) is 5.93. The van der Waals surface area contributed by atoms with Crippen LogP contribution in [0.25, 0.3) is 0 Å². The molecule has 5 heteroatoms. The largest absolute Gasteiger partial charge is 0.390 e. The molecule has 0 atom stereocenters. The number of hydrogen-bond donors (Lipinski definition) is 0. The minimum Gasteiger partial charge on any atom is -0.390 e. The van der Waals surface area contributed by atoms with E-state index in [1.807, 2.05) is 0 Å². The first kappa shape index (κ1) is 8.77. The van der Waals surface area contributed by atoms with E-state index in [-0.39, 0.29) is 0 Å². The van der Waals surface area contributed by atoms with Crippen molar-refractivity contribution in [2.24, 2.45) is 5.16 Å². The Morgan fingerprint density at radius 1 is 1.64 bits per heavy atom. The predicted molar refractivity (Wildman–Crippen MR) is 41.3 cm³/mol. The highest BCUT2D eigenvalue weighted by molar-refractivity contribution is 8.00. The van der Waals surface area contributed by atoms with Crippen molar-refractivity contribution in [3.8, 4) is 0 Å². The van der Waals surface area contributed by atoms with E-state index < -0.39 is 13.0 Å². The highest BCUT2D eigenvalue weighted by atomic mass is 32.2. The van der Waals surface area contributed by atoms with Crippen LogP contribution < -0.4 is 0 Å². The molecule has 11 heavy (non-hydrogen) atoms. The van der Waals surface area contributed by atoms with E-state index in [2.05, 4.69) is 9.99 Å².